The second-order valence-corrected chi connectivity index (χ2v) is 22.3. The number of carbonyl (C=O) groups excluding carboxylic acids is 2. The van der Waals surface area contributed by atoms with Crippen LogP contribution in [0.1, 0.15) is 144 Å². The molecule has 9 heteroatoms. The van der Waals surface area contributed by atoms with Gasteiger partial charge in [0.1, 0.15) is 5.60 Å². The van der Waals surface area contributed by atoms with Gasteiger partial charge in [-0.15, -0.1) is 0 Å². The molecule has 6 rings (SSSR count). The molecule has 6 unspecified atom stereocenters. The highest BCUT2D eigenvalue weighted by Gasteiger charge is 2.51. The first-order valence-electron chi connectivity index (χ1n) is 19.8. The summed E-state index contributed by atoms with van der Waals surface area (Å²) in [7, 11) is 0. The Bertz CT molecular complexity index is 1180. The van der Waals surface area contributed by atoms with Gasteiger partial charge in [-0.2, -0.15) is 0 Å². The molecule has 9 nitrogen and oxygen atoms in total. The van der Waals surface area contributed by atoms with Crippen molar-refractivity contribution >= 4 is 12.0 Å². The largest absolute Gasteiger partial charge is 0.444 e. The molecule has 290 valence electrons. The van der Waals surface area contributed by atoms with Crippen LogP contribution in [0, 0.1) is 5.41 Å². The van der Waals surface area contributed by atoms with Crippen molar-refractivity contribution in [3.05, 3.63) is 0 Å². The molecule has 6 aliphatic rings. The fourth-order valence-electron chi connectivity index (χ4n) is 9.51. The Labute approximate surface area is 307 Å². The molecule has 6 heterocycles. The highest BCUT2D eigenvalue weighted by atomic mass is 16.6. The van der Waals surface area contributed by atoms with E-state index in [1.807, 2.05) is 46.4 Å². The van der Waals surface area contributed by atoms with E-state index in [-0.39, 0.29) is 22.6 Å². The van der Waals surface area contributed by atoms with Crippen LogP contribution in [0.15, 0.2) is 0 Å². The molecule has 0 aromatic carbocycles. The van der Waals surface area contributed by atoms with Crippen molar-refractivity contribution in [1.82, 2.24) is 29.4 Å². The van der Waals surface area contributed by atoms with E-state index in [2.05, 4.69) is 108 Å². The van der Waals surface area contributed by atoms with Crippen molar-refractivity contribution < 1.29 is 14.3 Å². The molecule has 0 aromatic rings. The predicted octanol–water partition coefficient (Wildman–Crippen LogP) is 6.94. The van der Waals surface area contributed by atoms with E-state index in [1.165, 1.54) is 25.9 Å². The highest BCUT2D eigenvalue weighted by Crippen LogP contribution is 2.40. The second-order valence-electron chi connectivity index (χ2n) is 22.3. The van der Waals surface area contributed by atoms with Gasteiger partial charge in [-0.3, -0.25) is 24.4 Å². The molecule has 6 bridgehead atoms. The standard InChI is InChI=1S/C14H26N2O2.C14H26N2O.C13H26N2/c1-13(2,3)16-9-10-7-11(16)8-15(10)12(17)18-14(4,5)6;1-13(2,3)12(17)15-8-11-7-10(15)9-16(11)14(4,5)6;1-12(2,3)14-8-11-7-10(14)9-15(11)13(4,5)6/h10-11H,7-9H2,1-6H3;10-11H,7-9H2,1-6H3;10-11H,7-9H2,1-6H3. The molecule has 6 atom stereocenters. The monoisotopic (exact) mass is 703 g/mol. The van der Waals surface area contributed by atoms with Crippen molar-refractivity contribution in [2.24, 2.45) is 5.41 Å². The molecule has 6 saturated heterocycles. The number of hydrogen-bond donors (Lipinski definition) is 0. The Morgan fingerprint density at radius 1 is 0.420 bits per heavy atom. The maximum atomic E-state index is 12.3. The number of carbonyl (C=O) groups is 2. The Kier molecular flexibility index (Phi) is 11.4. The maximum Gasteiger partial charge on any atom is 0.410 e. The zero-order chi connectivity index (χ0) is 38.2. The molecule has 0 aliphatic carbocycles. The summed E-state index contributed by atoms with van der Waals surface area (Å²) in [6, 6.07) is 3.47. The van der Waals surface area contributed by atoms with Crippen LogP contribution in [0.2, 0.25) is 0 Å². The number of piperazine rings is 3. The Balaban J connectivity index is 0.000000169. The van der Waals surface area contributed by atoms with Gasteiger partial charge in [0, 0.05) is 103 Å². The number of fused-ring (bicyclic) bond motifs is 6. The molecular weight excluding hydrogens is 624 g/mol. The van der Waals surface area contributed by atoms with Crippen LogP contribution >= 0.6 is 0 Å². The summed E-state index contributed by atoms with van der Waals surface area (Å²) < 4.78 is 5.46. The molecule has 6 fully saturated rings. The van der Waals surface area contributed by atoms with Crippen LogP contribution in [0.3, 0.4) is 0 Å². The molecule has 0 aromatic heterocycles. The van der Waals surface area contributed by atoms with Crippen molar-refractivity contribution in [3.63, 3.8) is 0 Å². The summed E-state index contributed by atoms with van der Waals surface area (Å²) in [6.45, 7) is 45.7. The van der Waals surface area contributed by atoms with Gasteiger partial charge in [0.25, 0.3) is 0 Å². The topological polar surface area (TPSA) is 62.8 Å². The number of amides is 2. The number of rotatable bonds is 0. The molecule has 6 aliphatic heterocycles. The lowest BCUT2D eigenvalue weighted by Crippen LogP contribution is -2.57. The van der Waals surface area contributed by atoms with E-state index in [1.54, 1.807) is 0 Å². The minimum atomic E-state index is -0.400. The summed E-state index contributed by atoms with van der Waals surface area (Å²) >= 11 is 0. The number of ether oxygens (including phenoxy) is 1. The highest BCUT2D eigenvalue weighted by molar-refractivity contribution is 5.82. The third-order valence-corrected chi connectivity index (χ3v) is 11.7. The summed E-state index contributed by atoms with van der Waals surface area (Å²) in [4.78, 5) is 38.9. The summed E-state index contributed by atoms with van der Waals surface area (Å²) in [6.07, 6.45) is 3.49. The third-order valence-electron chi connectivity index (χ3n) is 11.7. The van der Waals surface area contributed by atoms with Crippen molar-refractivity contribution in [2.75, 3.05) is 39.3 Å². The van der Waals surface area contributed by atoms with Gasteiger partial charge < -0.3 is 14.5 Å². The summed E-state index contributed by atoms with van der Waals surface area (Å²) in [5.74, 6) is 0.318. The van der Waals surface area contributed by atoms with Crippen LogP contribution in [-0.4, -0.2) is 145 Å². The van der Waals surface area contributed by atoms with Gasteiger partial charge in [0.05, 0.1) is 0 Å². The first-order valence-corrected chi connectivity index (χ1v) is 19.8. The van der Waals surface area contributed by atoms with Gasteiger partial charge >= 0.3 is 6.09 Å². The van der Waals surface area contributed by atoms with Crippen LogP contribution in [0.5, 0.6) is 0 Å². The third kappa shape index (κ3) is 9.38. The Morgan fingerprint density at radius 2 is 0.700 bits per heavy atom. The Hall–Kier alpha value is -1.42. The fourth-order valence-corrected chi connectivity index (χ4v) is 9.51. The predicted molar refractivity (Wildman–Crippen MR) is 207 cm³/mol. The van der Waals surface area contributed by atoms with E-state index in [0.717, 1.165) is 44.7 Å². The zero-order valence-electron chi connectivity index (χ0n) is 35.7. The minimum Gasteiger partial charge on any atom is -0.444 e. The summed E-state index contributed by atoms with van der Waals surface area (Å²) in [5.41, 5.74) is 0.488. The molecule has 2 amide bonds. The SMILES string of the molecule is CC(C)(C)C(=O)N1CC2CC1CN2C(C)(C)C.CC(C)(C)N1CC2CC1CN2C(C)(C)C.CC(C)(C)OC(=O)N1CC2CC1CN2C(C)(C)C. The van der Waals surface area contributed by atoms with Crippen LogP contribution < -0.4 is 0 Å². The van der Waals surface area contributed by atoms with Crippen LogP contribution in [0.25, 0.3) is 0 Å². The molecule has 50 heavy (non-hydrogen) atoms. The second kappa shape index (κ2) is 13.8. The lowest BCUT2D eigenvalue weighted by molar-refractivity contribution is -0.142. The van der Waals surface area contributed by atoms with E-state index < -0.39 is 5.60 Å². The lowest BCUT2D eigenvalue weighted by Gasteiger charge is -2.46. The molecule has 0 saturated carbocycles. The van der Waals surface area contributed by atoms with Gasteiger partial charge in [0.15, 0.2) is 0 Å². The van der Waals surface area contributed by atoms with Crippen LogP contribution in [0.4, 0.5) is 4.79 Å². The van der Waals surface area contributed by atoms with Gasteiger partial charge in [0.2, 0.25) is 5.91 Å². The number of likely N-dealkylation sites (tertiary alicyclic amines) is 6. The lowest BCUT2D eigenvalue weighted by atomic mass is 9.94. The molecule has 0 N–H and O–H groups in total. The molecular formula is C41H78N6O3. The zero-order valence-corrected chi connectivity index (χ0v) is 35.7. The average molecular weight is 703 g/mol. The van der Waals surface area contributed by atoms with Gasteiger partial charge in [-0.1, -0.05) is 20.8 Å². The van der Waals surface area contributed by atoms with E-state index in [9.17, 15) is 9.59 Å². The quantitative estimate of drug-likeness (QED) is 0.271. The van der Waals surface area contributed by atoms with Crippen molar-refractivity contribution in [1.29, 1.82) is 0 Å². The number of nitrogens with zero attached hydrogens (tertiary/aromatic N) is 6. The Morgan fingerprint density at radius 3 is 0.940 bits per heavy atom. The van der Waals surface area contributed by atoms with Gasteiger partial charge in [-0.05, 0) is 123 Å². The normalized spacial score (nSPS) is 30.8. The van der Waals surface area contributed by atoms with E-state index in [0.29, 0.717) is 41.2 Å². The maximum absolute atomic E-state index is 12.3. The smallest absolute Gasteiger partial charge is 0.410 e. The van der Waals surface area contributed by atoms with Crippen molar-refractivity contribution in [3.8, 4) is 0 Å². The number of hydrogen-bond acceptors (Lipinski definition) is 7. The first kappa shape index (κ1) is 41.3. The molecule has 0 spiro atoms. The average Bonchev–Trinajstić information content (AvgIpc) is 3.76. The fraction of sp³-hybridized carbons (Fsp3) is 0.951. The minimum absolute atomic E-state index is 0.149. The summed E-state index contributed by atoms with van der Waals surface area (Å²) in [5, 5.41) is 0. The van der Waals surface area contributed by atoms with E-state index >= 15 is 0 Å². The van der Waals surface area contributed by atoms with Crippen LogP contribution in [-0.2, 0) is 9.53 Å². The van der Waals surface area contributed by atoms with Crippen molar-refractivity contribution in [2.45, 2.75) is 208 Å². The molecule has 0 radical (unpaired) electrons. The first-order chi connectivity index (χ1) is 22.4. The van der Waals surface area contributed by atoms with Gasteiger partial charge in [-0.25, -0.2) is 4.79 Å². The van der Waals surface area contributed by atoms with E-state index in [4.69, 9.17) is 4.74 Å².